The number of benzene rings is 1. The summed E-state index contributed by atoms with van der Waals surface area (Å²) in [7, 11) is 0. The summed E-state index contributed by atoms with van der Waals surface area (Å²) in [6.07, 6.45) is 15.3. The van der Waals surface area contributed by atoms with Crippen LogP contribution in [-0.4, -0.2) is 31.3 Å². The van der Waals surface area contributed by atoms with Crippen molar-refractivity contribution in [1.82, 2.24) is 25.1 Å². The zero-order chi connectivity index (χ0) is 23.9. The van der Waals surface area contributed by atoms with Crippen molar-refractivity contribution in [2.24, 2.45) is 0 Å². The van der Waals surface area contributed by atoms with Crippen LogP contribution in [-0.2, 0) is 0 Å². The molecule has 0 atom stereocenters. The molecule has 0 amide bonds. The minimum absolute atomic E-state index is 0.293. The Morgan fingerprint density at radius 3 is 2.72 bits per heavy atom. The summed E-state index contributed by atoms with van der Waals surface area (Å²) in [5, 5.41) is 9.87. The minimum atomic E-state index is 0.293. The van der Waals surface area contributed by atoms with Gasteiger partial charge in [0.15, 0.2) is 0 Å². The van der Waals surface area contributed by atoms with E-state index in [1.54, 1.807) is 18.7 Å². The lowest BCUT2D eigenvalue weighted by atomic mass is 9.98. The third-order valence-electron chi connectivity index (χ3n) is 7.08. The van der Waals surface area contributed by atoms with Crippen molar-refractivity contribution in [2.75, 3.05) is 0 Å². The molecule has 1 saturated carbocycles. The summed E-state index contributed by atoms with van der Waals surface area (Å²) < 4.78 is 11.6. The molecule has 0 bridgehead atoms. The standard InChI is InChI=1S/C29H25N5O2/c1-2-4-21(5-3-1)36-22-12-20(15-30-16-22)18-6-7-26-25(13-18)28(34-33-26)27-14-24-23(19-9-11-35-17-19)8-10-31-29(24)32-27/h6-17,21H,1-5H2,(H,31,32)(H,33,34). The molecule has 1 aromatic carbocycles. The molecule has 0 aliphatic heterocycles. The lowest BCUT2D eigenvalue weighted by Gasteiger charge is -2.23. The molecule has 178 valence electrons. The van der Waals surface area contributed by atoms with E-state index in [-0.39, 0.29) is 0 Å². The highest BCUT2D eigenvalue weighted by Gasteiger charge is 2.17. The monoisotopic (exact) mass is 475 g/mol. The number of fused-ring (bicyclic) bond motifs is 2. The van der Waals surface area contributed by atoms with Gasteiger partial charge in [-0.25, -0.2) is 4.98 Å². The van der Waals surface area contributed by atoms with Gasteiger partial charge >= 0.3 is 0 Å². The van der Waals surface area contributed by atoms with Gasteiger partial charge in [0.05, 0.1) is 36.0 Å². The molecule has 2 N–H and O–H groups in total. The number of nitrogens with one attached hydrogen (secondary N) is 2. The van der Waals surface area contributed by atoms with Crippen LogP contribution in [0.25, 0.3) is 55.6 Å². The number of H-pyrrole nitrogens is 2. The molecule has 1 aliphatic rings. The van der Waals surface area contributed by atoms with Crippen molar-refractivity contribution in [3.63, 3.8) is 0 Å². The number of ether oxygens (including phenoxy) is 1. The van der Waals surface area contributed by atoms with Gasteiger partial charge in [-0.3, -0.25) is 10.1 Å². The average Bonchev–Trinajstić information content (AvgIpc) is 3.68. The van der Waals surface area contributed by atoms with E-state index in [0.717, 1.165) is 74.2 Å². The fourth-order valence-electron chi connectivity index (χ4n) is 5.24. The summed E-state index contributed by atoms with van der Waals surface area (Å²) in [6, 6.07) is 14.5. The number of rotatable bonds is 5. The van der Waals surface area contributed by atoms with Crippen molar-refractivity contribution in [3.8, 4) is 39.4 Å². The molecule has 0 spiro atoms. The maximum atomic E-state index is 6.26. The number of hydrogen-bond acceptors (Lipinski definition) is 5. The Kier molecular flexibility index (Phi) is 5.05. The Bertz CT molecular complexity index is 1660. The first kappa shape index (κ1) is 20.9. The van der Waals surface area contributed by atoms with Crippen molar-refractivity contribution in [2.45, 2.75) is 38.2 Å². The van der Waals surface area contributed by atoms with Crippen LogP contribution in [0.3, 0.4) is 0 Å². The van der Waals surface area contributed by atoms with Crippen LogP contribution >= 0.6 is 0 Å². The highest BCUT2D eigenvalue weighted by atomic mass is 16.5. The molecular weight excluding hydrogens is 450 g/mol. The lowest BCUT2D eigenvalue weighted by Crippen LogP contribution is -2.19. The van der Waals surface area contributed by atoms with Crippen LogP contribution in [0.4, 0.5) is 0 Å². The quantitative estimate of drug-likeness (QED) is 0.276. The highest BCUT2D eigenvalue weighted by molar-refractivity contribution is 6.00. The zero-order valence-electron chi connectivity index (χ0n) is 19.7. The van der Waals surface area contributed by atoms with Gasteiger partial charge < -0.3 is 14.1 Å². The second-order valence-corrected chi connectivity index (χ2v) is 9.44. The Morgan fingerprint density at radius 2 is 1.83 bits per heavy atom. The predicted octanol–water partition coefficient (Wildman–Crippen LogP) is 7.14. The van der Waals surface area contributed by atoms with Crippen LogP contribution in [0.2, 0.25) is 0 Å². The van der Waals surface area contributed by atoms with Crippen LogP contribution in [0.1, 0.15) is 32.1 Å². The van der Waals surface area contributed by atoms with Gasteiger partial charge in [-0.05, 0) is 73.2 Å². The van der Waals surface area contributed by atoms with E-state index in [2.05, 4.69) is 55.5 Å². The first-order chi connectivity index (χ1) is 17.8. The van der Waals surface area contributed by atoms with E-state index in [1.807, 2.05) is 24.5 Å². The van der Waals surface area contributed by atoms with Gasteiger partial charge in [-0.15, -0.1) is 0 Å². The van der Waals surface area contributed by atoms with Crippen molar-refractivity contribution >= 4 is 21.9 Å². The summed E-state index contributed by atoms with van der Waals surface area (Å²) in [5.41, 5.74) is 7.72. The van der Waals surface area contributed by atoms with E-state index in [9.17, 15) is 0 Å². The molecule has 7 nitrogen and oxygen atoms in total. The molecule has 7 rings (SSSR count). The number of aromatic nitrogens is 5. The number of hydrogen-bond donors (Lipinski definition) is 2. The van der Waals surface area contributed by atoms with Gasteiger partial charge in [0.2, 0.25) is 0 Å². The normalized spacial score (nSPS) is 14.6. The second-order valence-electron chi connectivity index (χ2n) is 9.44. The molecule has 1 fully saturated rings. The average molecular weight is 476 g/mol. The Labute approximate surface area is 207 Å². The van der Waals surface area contributed by atoms with E-state index in [4.69, 9.17) is 9.15 Å². The van der Waals surface area contributed by atoms with E-state index in [1.165, 1.54) is 19.3 Å². The van der Waals surface area contributed by atoms with E-state index < -0.39 is 0 Å². The molecule has 6 aromatic rings. The smallest absolute Gasteiger partial charge is 0.138 e. The fraction of sp³-hybridized carbons (Fsp3) is 0.207. The fourth-order valence-corrected chi connectivity index (χ4v) is 5.24. The lowest BCUT2D eigenvalue weighted by molar-refractivity contribution is 0.154. The third kappa shape index (κ3) is 3.73. The number of nitrogens with zero attached hydrogens (tertiary/aromatic N) is 3. The summed E-state index contributed by atoms with van der Waals surface area (Å²) in [5.74, 6) is 0.834. The van der Waals surface area contributed by atoms with Crippen molar-refractivity contribution < 1.29 is 9.15 Å². The molecule has 0 radical (unpaired) electrons. The van der Waals surface area contributed by atoms with Gasteiger partial charge in [0, 0.05) is 34.3 Å². The Balaban J connectivity index is 1.26. The van der Waals surface area contributed by atoms with E-state index in [0.29, 0.717) is 6.10 Å². The van der Waals surface area contributed by atoms with Gasteiger partial charge in [-0.2, -0.15) is 5.10 Å². The Hall–Kier alpha value is -4.39. The van der Waals surface area contributed by atoms with Crippen molar-refractivity contribution in [3.05, 3.63) is 73.6 Å². The van der Waals surface area contributed by atoms with Crippen LogP contribution in [0.15, 0.2) is 78.0 Å². The summed E-state index contributed by atoms with van der Waals surface area (Å²) in [6.45, 7) is 0. The summed E-state index contributed by atoms with van der Waals surface area (Å²) >= 11 is 0. The number of aromatic amines is 2. The number of furan rings is 1. The Morgan fingerprint density at radius 1 is 0.889 bits per heavy atom. The van der Waals surface area contributed by atoms with Gasteiger partial charge in [0.1, 0.15) is 17.1 Å². The molecule has 0 saturated heterocycles. The molecule has 5 heterocycles. The SMILES string of the molecule is c1cc(-c2ccoc2)c2cc(-c3n[nH]c4ccc(-c5cncc(OC6CCCCC6)c5)cc34)[nH]c2n1. The van der Waals surface area contributed by atoms with E-state index >= 15 is 0 Å². The summed E-state index contributed by atoms with van der Waals surface area (Å²) in [4.78, 5) is 12.5. The van der Waals surface area contributed by atoms with Crippen LogP contribution < -0.4 is 4.74 Å². The molecule has 5 aromatic heterocycles. The van der Waals surface area contributed by atoms with Gasteiger partial charge in [0.25, 0.3) is 0 Å². The van der Waals surface area contributed by atoms with Gasteiger partial charge in [-0.1, -0.05) is 12.5 Å². The topological polar surface area (TPSA) is 92.6 Å². The highest BCUT2D eigenvalue weighted by Crippen LogP contribution is 2.35. The third-order valence-corrected chi connectivity index (χ3v) is 7.08. The second kappa shape index (κ2) is 8.68. The maximum absolute atomic E-state index is 6.26. The zero-order valence-corrected chi connectivity index (χ0v) is 19.7. The molecule has 36 heavy (non-hydrogen) atoms. The number of pyridine rings is 2. The first-order valence-electron chi connectivity index (χ1n) is 12.4. The van der Waals surface area contributed by atoms with Crippen LogP contribution in [0.5, 0.6) is 5.75 Å². The minimum Gasteiger partial charge on any atom is -0.489 e. The molecule has 0 unspecified atom stereocenters. The maximum Gasteiger partial charge on any atom is 0.138 e. The molecular formula is C29H25N5O2. The van der Waals surface area contributed by atoms with Crippen LogP contribution in [0, 0.1) is 0 Å². The molecule has 7 heteroatoms. The predicted molar refractivity (Wildman–Crippen MR) is 140 cm³/mol. The largest absolute Gasteiger partial charge is 0.489 e. The first-order valence-corrected chi connectivity index (χ1v) is 12.4. The molecule has 1 aliphatic carbocycles. The van der Waals surface area contributed by atoms with Crippen molar-refractivity contribution in [1.29, 1.82) is 0 Å².